The van der Waals surface area contributed by atoms with Crippen LogP contribution in [0.2, 0.25) is 0 Å². The number of amides is 1. The number of hydrogen-bond donors (Lipinski definition) is 1. The standard InChI is InChI=1S/C19H27NO4/c1-20(13-3-4-14-5-11-17(24-2)12-6-14)18(21)15-7-9-16(10-8-15)19(22)23/h5-6,11-12,15-16H,3-4,7-10,13H2,1-2H3,(H,22,23). The number of aryl methyl sites for hydroxylation is 1. The molecule has 1 N–H and O–H groups in total. The van der Waals surface area contributed by atoms with E-state index >= 15 is 0 Å². The fraction of sp³-hybridized carbons (Fsp3) is 0.579. The predicted octanol–water partition coefficient (Wildman–Crippen LogP) is 2.98. The molecule has 1 amide bonds. The van der Waals surface area contributed by atoms with E-state index in [1.54, 1.807) is 12.0 Å². The fourth-order valence-electron chi connectivity index (χ4n) is 3.32. The molecular formula is C19H27NO4. The van der Waals surface area contributed by atoms with Crippen molar-refractivity contribution in [3.63, 3.8) is 0 Å². The molecule has 0 aromatic heterocycles. The van der Waals surface area contributed by atoms with Gasteiger partial charge in [-0.25, -0.2) is 0 Å². The summed E-state index contributed by atoms with van der Waals surface area (Å²) in [5.41, 5.74) is 1.23. The van der Waals surface area contributed by atoms with E-state index in [4.69, 9.17) is 9.84 Å². The normalized spacial score (nSPS) is 20.4. The fourth-order valence-corrected chi connectivity index (χ4v) is 3.32. The first-order valence-corrected chi connectivity index (χ1v) is 8.62. The van der Waals surface area contributed by atoms with Gasteiger partial charge in [-0.15, -0.1) is 0 Å². The second kappa shape index (κ2) is 8.71. The maximum Gasteiger partial charge on any atom is 0.306 e. The van der Waals surface area contributed by atoms with Crippen LogP contribution in [0, 0.1) is 11.8 Å². The Hall–Kier alpha value is -2.04. The lowest BCUT2D eigenvalue weighted by molar-refractivity contribution is -0.145. The smallest absolute Gasteiger partial charge is 0.306 e. The van der Waals surface area contributed by atoms with Crippen molar-refractivity contribution in [2.24, 2.45) is 11.8 Å². The average Bonchev–Trinajstić information content (AvgIpc) is 2.61. The van der Waals surface area contributed by atoms with Gasteiger partial charge < -0.3 is 14.7 Å². The van der Waals surface area contributed by atoms with E-state index < -0.39 is 5.97 Å². The van der Waals surface area contributed by atoms with E-state index in [1.165, 1.54) is 5.56 Å². The Morgan fingerprint density at radius 2 is 1.71 bits per heavy atom. The van der Waals surface area contributed by atoms with Gasteiger partial charge in [0.1, 0.15) is 5.75 Å². The number of ether oxygens (including phenoxy) is 1. The van der Waals surface area contributed by atoms with Crippen molar-refractivity contribution >= 4 is 11.9 Å². The Kier molecular flexibility index (Phi) is 6.64. The highest BCUT2D eigenvalue weighted by molar-refractivity contribution is 5.79. The van der Waals surface area contributed by atoms with E-state index in [1.807, 2.05) is 31.3 Å². The molecule has 24 heavy (non-hydrogen) atoms. The van der Waals surface area contributed by atoms with E-state index in [2.05, 4.69) is 0 Å². The zero-order chi connectivity index (χ0) is 17.5. The van der Waals surface area contributed by atoms with Crippen LogP contribution < -0.4 is 4.74 Å². The summed E-state index contributed by atoms with van der Waals surface area (Å²) in [7, 11) is 3.50. The number of carboxylic acids is 1. The molecule has 1 saturated carbocycles. The second-order valence-electron chi connectivity index (χ2n) is 6.60. The minimum absolute atomic E-state index is 0.00779. The lowest BCUT2D eigenvalue weighted by Crippen LogP contribution is -2.36. The Morgan fingerprint density at radius 3 is 2.25 bits per heavy atom. The summed E-state index contributed by atoms with van der Waals surface area (Å²) >= 11 is 0. The molecule has 0 aliphatic heterocycles. The van der Waals surface area contributed by atoms with Crippen LogP contribution in [0.25, 0.3) is 0 Å². The summed E-state index contributed by atoms with van der Waals surface area (Å²) in [5, 5.41) is 9.03. The Morgan fingerprint density at radius 1 is 1.12 bits per heavy atom. The SMILES string of the molecule is COc1ccc(CCCN(C)C(=O)C2CCC(C(=O)O)CC2)cc1. The number of benzene rings is 1. The van der Waals surface area contributed by atoms with Crippen molar-refractivity contribution in [1.82, 2.24) is 4.90 Å². The molecule has 0 atom stereocenters. The van der Waals surface area contributed by atoms with Crippen molar-refractivity contribution in [2.75, 3.05) is 20.7 Å². The molecule has 0 unspecified atom stereocenters. The van der Waals surface area contributed by atoms with Crippen LogP contribution in [0.5, 0.6) is 5.75 Å². The molecule has 1 aliphatic rings. The van der Waals surface area contributed by atoms with Crippen molar-refractivity contribution in [3.8, 4) is 5.75 Å². The molecule has 0 radical (unpaired) electrons. The van der Waals surface area contributed by atoms with Gasteiger partial charge in [0.25, 0.3) is 0 Å². The summed E-state index contributed by atoms with van der Waals surface area (Å²) in [6.45, 7) is 0.726. The van der Waals surface area contributed by atoms with Gasteiger partial charge in [-0.2, -0.15) is 0 Å². The molecule has 1 aliphatic carbocycles. The van der Waals surface area contributed by atoms with E-state index in [0.29, 0.717) is 25.7 Å². The van der Waals surface area contributed by atoms with E-state index in [-0.39, 0.29) is 17.7 Å². The first kappa shape index (κ1) is 18.3. The average molecular weight is 333 g/mol. The highest BCUT2D eigenvalue weighted by Gasteiger charge is 2.30. The van der Waals surface area contributed by atoms with Gasteiger partial charge in [0.05, 0.1) is 13.0 Å². The lowest BCUT2D eigenvalue weighted by atomic mass is 9.81. The number of carboxylic acid groups (broad SMARTS) is 1. The van der Waals surface area contributed by atoms with Gasteiger partial charge in [-0.1, -0.05) is 12.1 Å². The van der Waals surface area contributed by atoms with Crippen molar-refractivity contribution < 1.29 is 19.4 Å². The number of carbonyl (C=O) groups is 2. The lowest BCUT2D eigenvalue weighted by Gasteiger charge is -2.29. The maximum absolute atomic E-state index is 12.5. The maximum atomic E-state index is 12.5. The van der Waals surface area contributed by atoms with Gasteiger partial charge in [-0.3, -0.25) is 9.59 Å². The summed E-state index contributed by atoms with van der Waals surface area (Å²) < 4.78 is 5.14. The molecule has 2 rings (SSSR count). The molecule has 0 saturated heterocycles. The predicted molar refractivity (Wildman–Crippen MR) is 92.0 cm³/mol. The second-order valence-corrected chi connectivity index (χ2v) is 6.60. The highest BCUT2D eigenvalue weighted by atomic mass is 16.5. The summed E-state index contributed by atoms with van der Waals surface area (Å²) in [6.07, 6.45) is 4.46. The number of carbonyl (C=O) groups excluding carboxylic acids is 1. The molecule has 5 nitrogen and oxygen atoms in total. The molecule has 1 aromatic rings. The number of hydrogen-bond acceptors (Lipinski definition) is 3. The van der Waals surface area contributed by atoms with Crippen molar-refractivity contribution in [1.29, 1.82) is 0 Å². The van der Waals surface area contributed by atoms with Crippen LogP contribution in [-0.4, -0.2) is 42.6 Å². The summed E-state index contributed by atoms with van der Waals surface area (Å²) in [5.74, 6) is 0.00587. The number of nitrogens with zero attached hydrogens (tertiary/aromatic N) is 1. The van der Waals surface area contributed by atoms with E-state index in [0.717, 1.165) is 25.1 Å². The molecule has 0 heterocycles. The topological polar surface area (TPSA) is 66.8 Å². The summed E-state index contributed by atoms with van der Waals surface area (Å²) in [6, 6.07) is 8.00. The molecule has 5 heteroatoms. The van der Waals surface area contributed by atoms with Crippen LogP contribution in [0.1, 0.15) is 37.7 Å². The van der Waals surface area contributed by atoms with Crippen LogP contribution >= 0.6 is 0 Å². The number of aliphatic carboxylic acids is 1. The molecule has 0 bridgehead atoms. The third-order valence-electron chi connectivity index (χ3n) is 4.92. The van der Waals surface area contributed by atoms with Crippen molar-refractivity contribution in [2.45, 2.75) is 38.5 Å². The minimum atomic E-state index is -0.728. The quantitative estimate of drug-likeness (QED) is 0.833. The third-order valence-corrected chi connectivity index (χ3v) is 4.92. The zero-order valence-electron chi connectivity index (χ0n) is 14.5. The van der Waals surface area contributed by atoms with Crippen molar-refractivity contribution in [3.05, 3.63) is 29.8 Å². The monoisotopic (exact) mass is 333 g/mol. The first-order chi connectivity index (χ1) is 11.5. The van der Waals surface area contributed by atoms with Gasteiger partial charge in [0.15, 0.2) is 0 Å². The van der Waals surface area contributed by atoms with Crippen LogP contribution in [-0.2, 0) is 16.0 Å². The minimum Gasteiger partial charge on any atom is -0.497 e. The Bertz CT molecular complexity index is 547. The number of rotatable bonds is 7. The molecule has 0 spiro atoms. The highest BCUT2D eigenvalue weighted by Crippen LogP contribution is 2.30. The van der Waals surface area contributed by atoms with Crippen LogP contribution in [0.3, 0.4) is 0 Å². The molecule has 132 valence electrons. The Balaban J connectivity index is 1.72. The molecular weight excluding hydrogens is 306 g/mol. The van der Waals surface area contributed by atoms with Gasteiger partial charge in [-0.05, 0) is 56.2 Å². The van der Waals surface area contributed by atoms with Crippen LogP contribution in [0.4, 0.5) is 0 Å². The largest absolute Gasteiger partial charge is 0.497 e. The Labute approximate surface area is 143 Å². The number of methoxy groups -OCH3 is 1. The zero-order valence-corrected chi connectivity index (χ0v) is 14.5. The first-order valence-electron chi connectivity index (χ1n) is 8.62. The molecule has 1 fully saturated rings. The van der Waals surface area contributed by atoms with Gasteiger partial charge >= 0.3 is 5.97 Å². The molecule has 1 aromatic carbocycles. The van der Waals surface area contributed by atoms with Gasteiger partial charge in [0, 0.05) is 19.5 Å². The van der Waals surface area contributed by atoms with Gasteiger partial charge in [0.2, 0.25) is 5.91 Å². The summed E-state index contributed by atoms with van der Waals surface area (Å²) in [4.78, 5) is 25.2. The van der Waals surface area contributed by atoms with Crippen LogP contribution in [0.15, 0.2) is 24.3 Å². The van der Waals surface area contributed by atoms with E-state index in [9.17, 15) is 9.59 Å². The third kappa shape index (κ3) is 4.98.